The van der Waals surface area contributed by atoms with Crippen LogP contribution in [0.4, 0.5) is 0 Å². The summed E-state index contributed by atoms with van der Waals surface area (Å²) < 4.78 is 5.14. The highest BCUT2D eigenvalue weighted by Crippen LogP contribution is 2.19. The SMILES string of the molecule is CCCNC(CCCOC)c1ccc(CC)cc1. The molecule has 0 aliphatic rings. The van der Waals surface area contributed by atoms with E-state index in [9.17, 15) is 0 Å². The fraction of sp³-hybridized carbons (Fsp3) is 0.625. The van der Waals surface area contributed by atoms with Crippen molar-refractivity contribution in [3.8, 4) is 0 Å². The molecule has 1 aromatic rings. The van der Waals surface area contributed by atoms with Crippen LogP contribution in [0.25, 0.3) is 0 Å². The van der Waals surface area contributed by atoms with Gasteiger partial charge in [0.2, 0.25) is 0 Å². The Labute approximate surface area is 112 Å². The van der Waals surface area contributed by atoms with Crippen LogP contribution in [0.5, 0.6) is 0 Å². The van der Waals surface area contributed by atoms with Gasteiger partial charge in [-0.05, 0) is 43.4 Å². The first kappa shape index (κ1) is 15.2. The molecule has 0 heterocycles. The molecule has 102 valence electrons. The van der Waals surface area contributed by atoms with Crippen molar-refractivity contribution in [2.24, 2.45) is 0 Å². The van der Waals surface area contributed by atoms with Gasteiger partial charge in [-0.25, -0.2) is 0 Å². The van der Waals surface area contributed by atoms with Gasteiger partial charge < -0.3 is 10.1 Å². The van der Waals surface area contributed by atoms with Gasteiger partial charge in [-0.2, -0.15) is 0 Å². The van der Waals surface area contributed by atoms with Crippen LogP contribution < -0.4 is 5.32 Å². The van der Waals surface area contributed by atoms with Crippen molar-refractivity contribution in [3.63, 3.8) is 0 Å². The van der Waals surface area contributed by atoms with Crippen LogP contribution in [0.1, 0.15) is 50.3 Å². The predicted octanol–water partition coefficient (Wildman–Crippen LogP) is 3.72. The molecule has 0 aliphatic heterocycles. The number of methoxy groups -OCH3 is 1. The Morgan fingerprint density at radius 2 is 1.89 bits per heavy atom. The van der Waals surface area contributed by atoms with Crippen LogP contribution in [-0.4, -0.2) is 20.3 Å². The maximum absolute atomic E-state index is 5.14. The lowest BCUT2D eigenvalue weighted by Crippen LogP contribution is -2.22. The maximum atomic E-state index is 5.14. The second-order valence-corrected chi connectivity index (χ2v) is 4.74. The molecule has 1 N–H and O–H groups in total. The van der Waals surface area contributed by atoms with Crippen molar-refractivity contribution in [2.75, 3.05) is 20.3 Å². The van der Waals surface area contributed by atoms with Crippen LogP contribution >= 0.6 is 0 Å². The summed E-state index contributed by atoms with van der Waals surface area (Å²) in [6.07, 6.45) is 4.53. The third-order valence-electron chi connectivity index (χ3n) is 3.27. The molecule has 2 heteroatoms. The summed E-state index contributed by atoms with van der Waals surface area (Å²) in [7, 11) is 1.77. The van der Waals surface area contributed by atoms with E-state index in [4.69, 9.17) is 4.74 Å². The molecule has 1 aromatic carbocycles. The number of nitrogens with one attached hydrogen (secondary N) is 1. The molecule has 0 saturated heterocycles. The number of hydrogen-bond donors (Lipinski definition) is 1. The normalized spacial score (nSPS) is 12.6. The van der Waals surface area contributed by atoms with Gasteiger partial charge in [0, 0.05) is 19.8 Å². The lowest BCUT2D eigenvalue weighted by atomic mass is 10.00. The number of hydrogen-bond acceptors (Lipinski definition) is 2. The van der Waals surface area contributed by atoms with Crippen molar-refractivity contribution < 1.29 is 4.74 Å². The standard InChI is InChI=1S/C16H27NO/c1-4-12-17-16(7-6-13-18-3)15-10-8-14(5-2)9-11-15/h8-11,16-17H,4-7,12-13H2,1-3H3. The van der Waals surface area contributed by atoms with Crippen LogP contribution in [0.2, 0.25) is 0 Å². The van der Waals surface area contributed by atoms with Gasteiger partial charge in [0.1, 0.15) is 0 Å². The molecule has 0 aliphatic carbocycles. The number of benzene rings is 1. The summed E-state index contributed by atoms with van der Waals surface area (Å²) in [6, 6.07) is 9.47. The summed E-state index contributed by atoms with van der Waals surface area (Å²) >= 11 is 0. The van der Waals surface area contributed by atoms with Crippen molar-refractivity contribution >= 4 is 0 Å². The average molecular weight is 249 g/mol. The van der Waals surface area contributed by atoms with E-state index in [1.165, 1.54) is 17.5 Å². The quantitative estimate of drug-likeness (QED) is 0.674. The molecule has 0 fully saturated rings. The number of rotatable bonds is 9. The van der Waals surface area contributed by atoms with Crippen LogP contribution in [0, 0.1) is 0 Å². The molecule has 1 atom stereocenters. The minimum atomic E-state index is 0.464. The van der Waals surface area contributed by atoms with E-state index in [2.05, 4.69) is 43.4 Å². The molecular weight excluding hydrogens is 222 g/mol. The minimum Gasteiger partial charge on any atom is -0.385 e. The number of aryl methyl sites for hydroxylation is 1. The van der Waals surface area contributed by atoms with Gasteiger partial charge in [-0.3, -0.25) is 0 Å². The topological polar surface area (TPSA) is 21.3 Å². The fourth-order valence-electron chi connectivity index (χ4n) is 2.12. The highest BCUT2D eigenvalue weighted by molar-refractivity contribution is 5.25. The smallest absolute Gasteiger partial charge is 0.0462 e. The molecule has 0 spiro atoms. The van der Waals surface area contributed by atoms with E-state index < -0.39 is 0 Å². The second kappa shape index (κ2) is 9.12. The largest absolute Gasteiger partial charge is 0.385 e. The van der Waals surface area contributed by atoms with E-state index in [0.29, 0.717) is 6.04 Å². The second-order valence-electron chi connectivity index (χ2n) is 4.74. The first-order valence-electron chi connectivity index (χ1n) is 7.13. The van der Waals surface area contributed by atoms with Gasteiger partial charge in [0.25, 0.3) is 0 Å². The fourth-order valence-corrected chi connectivity index (χ4v) is 2.12. The molecule has 0 radical (unpaired) electrons. The van der Waals surface area contributed by atoms with E-state index >= 15 is 0 Å². The van der Waals surface area contributed by atoms with E-state index in [-0.39, 0.29) is 0 Å². The average Bonchev–Trinajstić information content (AvgIpc) is 2.43. The maximum Gasteiger partial charge on any atom is 0.0462 e. The Morgan fingerprint density at radius 1 is 1.17 bits per heavy atom. The predicted molar refractivity (Wildman–Crippen MR) is 78.0 cm³/mol. The van der Waals surface area contributed by atoms with Crippen LogP contribution in [-0.2, 0) is 11.2 Å². The lowest BCUT2D eigenvalue weighted by molar-refractivity contribution is 0.188. The molecule has 0 amide bonds. The Balaban J connectivity index is 2.60. The molecule has 0 bridgehead atoms. The number of ether oxygens (including phenoxy) is 1. The molecule has 0 saturated carbocycles. The van der Waals surface area contributed by atoms with E-state index in [1.807, 2.05) is 0 Å². The van der Waals surface area contributed by atoms with Crippen molar-refractivity contribution in [1.82, 2.24) is 5.32 Å². The van der Waals surface area contributed by atoms with E-state index in [1.54, 1.807) is 7.11 Å². The van der Waals surface area contributed by atoms with E-state index in [0.717, 1.165) is 32.4 Å². The highest BCUT2D eigenvalue weighted by atomic mass is 16.5. The Morgan fingerprint density at radius 3 is 2.44 bits per heavy atom. The third-order valence-corrected chi connectivity index (χ3v) is 3.27. The summed E-state index contributed by atoms with van der Waals surface area (Å²) in [5.74, 6) is 0. The first-order chi connectivity index (χ1) is 8.81. The molecule has 18 heavy (non-hydrogen) atoms. The molecular formula is C16H27NO. The Kier molecular flexibility index (Phi) is 7.70. The molecule has 1 unspecified atom stereocenters. The zero-order chi connectivity index (χ0) is 13.2. The molecule has 0 aromatic heterocycles. The minimum absolute atomic E-state index is 0.464. The summed E-state index contributed by atoms with van der Waals surface area (Å²) in [6.45, 7) is 6.32. The monoisotopic (exact) mass is 249 g/mol. The van der Waals surface area contributed by atoms with Crippen molar-refractivity contribution in [1.29, 1.82) is 0 Å². The zero-order valence-electron chi connectivity index (χ0n) is 12.0. The van der Waals surface area contributed by atoms with Crippen molar-refractivity contribution in [3.05, 3.63) is 35.4 Å². The van der Waals surface area contributed by atoms with Gasteiger partial charge in [-0.1, -0.05) is 38.1 Å². The zero-order valence-corrected chi connectivity index (χ0v) is 12.0. The summed E-state index contributed by atoms with van der Waals surface area (Å²) in [5.41, 5.74) is 2.81. The van der Waals surface area contributed by atoms with Crippen LogP contribution in [0.15, 0.2) is 24.3 Å². The summed E-state index contributed by atoms with van der Waals surface area (Å²) in [4.78, 5) is 0. The highest BCUT2D eigenvalue weighted by Gasteiger charge is 2.09. The molecule has 1 rings (SSSR count). The third kappa shape index (κ3) is 5.19. The Bertz CT molecular complexity index is 307. The van der Waals surface area contributed by atoms with Gasteiger partial charge in [0.05, 0.1) is 0 Å². The lowest BCUT2D eigenvalue weighted by Gasteiger charge is -2.19. The first-order valence-corrected chi connectivity index (χ1v) is 7.13. The summed E-state index contributed by atoms with van der Waals surface area (Å²) in [5, 5.41) is 3.63. The van der Waals surface area contributed by atoms with Gasteiger partial charge in [-0.15, -0.1) is 0 Å². The van der Waals surface area contributed by atoms with Crippen LogP contribution in [0.3, 0.4) is 0 Å². The van der Waals surface area contributed by atoms with Crippen molar-refractivity contribution in [2.45, 2.75) is 45.6 Å². The Hall–Kier alpha value is -0.860. The van der Waals surface area contributed by atoms with Gasteiger partial charge in [0.15, 0.2) is 0 Å². The van der Waals surface area contributed by atoms with Gasteiger partial charge >= 0.3 is 0 Å². The molecule has 2 nitrogen and oxygen atoms in total.